The average Bonchev–Trinajstić information content (AvgIpc) is 2.67. The molecule has 0 saturated carbocycles. The Bertz CT molecular complexity index is 494. The van der Waals surface area contributed by atoms with Crippen LogP contribution in [0.1, 0.15) is 12.1 Å². The predicted molar refractivity (Wildman–Crippen MR) is 71.6 cm³/mol. The Hall–Kier alpha value is -1.27. The van der Waals surface area contributed by atoms with Gasteiger partial charge in [-0.2, -0.15) is 4.37 Å². The molecular formula is C11H17N5S. The number of hydrogen-bond donors (Lipinski definition) is 1. The standard InChI is InChI=1S/C11H17N5S/c1-8-9-10(12-5-4-6-16(2)3)13-7-14-11(9)17-15-8/h7H,4-6H2,1-3H3,(H,12,13,14). The summed E-state index contributed by atoms with van der Waals surface area (Å²) in [7, 11) is 4.16. The zero-order valence-corrected chi connectivity index (χ0v) is 11.2. The van der Waals surface area contributed by atoms with Crippen LogP contribution in [0.25, 0.3) is 10.2 Å². The van der Waals surface area contributed by atoms with Crippen LogP contribution in [0.3, 0.4) is 0 Å². The minimum atomic E-state index is 0.903. The van der Waals surface area contributed by atoms with Crippen molar-refractivity contribution in [3.63, 3.8) is 0 Å². The van der Waals surface area contributed by atoms with Crippen LogP contribution in [0.5, 0.6) is 0 Å². The van der Waals surface area contributed by atoms with Gasteiger partial charge < -0.3 is 10.2 Å². The molecule has 0 aliphatic rings. The third-order valence-electron chi connectivity index (χ3n) is 2.52. The maximum absolute atomic E-state index is 4.30. The SMILES string of the molecule is Cc1nsc2ncnc(NCCCN(C)C)c12. The van der Waals surface area contributed by atoms with Gasteiger partial charge in [0.25, 0.3) is 0 Å². The maximum Gasteiger partial charge on any atom is 0.149 e. The summed E-state index contributed by atoms with van der Waals surface area (Å²) < 4.78 is 4.30. The Morgan fingerprint density at radius 1 is 1.35 bits per heavy atom. The molecule has 0 aliphatic heterocycles. The summed E-state index contributed by atoms with van der Waals surface area (Å²) in [5, 5.41) is 4.42. The van der Waals surface area contributed by atoms with Gasteiger partial charge in [-0.1, -0.05) is 0 Å². The Morgan fingerprint density at radius 2 is 2.18 bits per heavy atom. The molecule has 5 nitrogen and oxygen atoms in total. The topological polar surface area (TPSA) is 53.9 Å². The summed E-state index contributed by atoms with van der Waals surface area (Å²) in [6.45, 7) is 3.98. The van der Waals surface area contributed by atoms with Gasteiger partial charge in [-0.15, -0.1) is 0 Å². The van der Waals surface area contributed by atoms with E-state index in [0.29, 0.717) is 0 Å². The van der Waals surface area contributed by atoms with E-state index < -0.39 is 0 Å². The molecular weight excluding hydrogens is 234 g/mol. The molecule has 2 rings (SSSR count). The summed E-state index contributed by atoms with van der Waals surface area (Å²) in [4.78, 5) is 11.6. The Labute approximate surface area is 105 Å². The Kier molecular flexibility index (Phi) is 3.86. The van der Waals surface area contributed by atoms with Crippen molar-refractivity contribution in [2.75, 3.05) is 32.5 Å². The lowest BCUT2D eigenvalue weighted by molar-refractivity contribution is 0.405. The zero-order valence-electron chi connectivity index (χ0n) is 10.4. The fourth-order valence-corrected chi connectivity index (χ4v) is 2.40. The summed E-state index contributed by atoms with van der Waals surface area (Å²) in [6, 6.07) is 0. The van der Waals surface area contributed by atoms with Gasteiger partial charge in [0, 0.05) is 6.54 Å². The molecule has 0 unspecified atom stereocenters. The van der Waals surface area contributed by atoms with Crippen molar-refractivity contribution in [2.45, 2.75) is 13.3 Å². The van der Waals surface area contributed by atoms with Crippen LogP contribution in [0, 0.1) is 6.92 Å². The normalized spacial score (nSPS) is 11.3. The average molecular weight is 251 g/mol. The van der Waals surface area contributed by atoms with E-state index in [0.717, 1.165) is 41.2 Å². The second-order valence-corrected chi connectivity index (χ2v) is 5.01. The van der Waals surface area contributed by atoms with Gasteiger partial charge in [-0.3, -0.25) is 0 Å². The van der Waals surface area contributed by atoms with Crippen LogP contribution >= 0.6 is 11.5 Å². The number of hydrogen-bond acceptors (Lipinski definition) is 6. The lowest BCUT2D eigenvalue weighted by atomic mass is 10.3. The highest BCUT2D eigenvalue weighted by atomic mass is 32.1. The van der Waals surface area contributed by atoms with Crippen molar-refractivity contribution in [2.24, 2.45) is 0 Å². The van der Waals surface area contributed by atoms with Crippen LogP contribution in [0.4, 0.5) is 5.82 Å². The number of anilines is 1. The first-order valence-electron chi connectivity index (χ1n) is 5.64. The molecule has 6 heteroatoms. The molecule has 2 heterocycles. The Morgan fingerprint density at radius 3 is 2.94 bits per heavy atom. The van der Waals surface area contributed by atoms with Crippen LogP contribution < -0.4 is 5.32 Å². The van der Waals surface area contributed by atoms with Gasteiger partial charge >= 0.3 is 0 Å². The third kappa shape index (κ3) is 2.89. The molecule has 0 radical (unpaired) electrons. The van der Waals surface area contributed by atoms with Gasteiger partial charge in [-0.05, 0) is 45.5 Å². The van der Waals surface area contributed by atoms with Gasteiger partial charge in [0.15, 0.2) is 0 Å². The molecule has 0 saturated heterocycles. The van der Waals surface area contributed by atoms with Gasteiger partial charge in [0.2, 0.25) is 0 Å². The molecule has 92 valence electrons. The van der Waals surface area contributed by atoms with Gasteiger partial charge in [-0.25, -0.2) is 9.97 Å². The molecule has 1 N–H and O–H groups in total. The number of aryl methyl sites for hydroxylation is 1. The second kappa shape index (κ2) is 5.37. The van der Waals surface area contributed by atoms with E-state index in [4.69, 9.17) is 0 Å². The summed E-state index contributed by atoms with van der Waals surface area (Å²) in [5.74, 6) is 0.903. The lowest BCUT2D eigenvalue weighted by Crippen LogP contribution is -2.16. The minimum Gasteiger partial charge on any atom is -0.369 e. The monoisotopic (exact) mass is 251 g/mol. The first kappa shape index (κ1) is 12.2. The number of rotatable bonds is 5. The molecule has 0 fully saturated rings. The Balaban J connectivity index is 2.05. The predicted octanol–water partition coefficient (Wildman–Crippen LogP) is 1.76. The van der Waals surface area contributed by atoms with Crippen molar-refractivity contribution in [3.8, 4) is 0 Å². The smallest absolute Gasteiger partial charge is 0.149 e. The minimum absolute atomic E-state index is 0.903. The van der Waals surface area contributed by atoms with Crippen molar-refractivity contribution in [3.05, 3.63) is 12.0 Å². The number of fused-ring (bicyclic) bond motifs is 1. The number of nitrogens with one attached hydrogen (secondary N) is 1. The first-order chi connectivity index (χ1) is 8.18. The van der Waals surface area contributed by atoms with E-state index in [1.807, 2.05) is 6.92 Å². The molecule has 0 aliphatic carbocycles. The van der Waals surface area contributed by atoms with Crippen LogP contribution in [0.15, 0.2) is 6.33 Å². The van der Waals surface area contributed by atoms with Crippen molar-refractivity contribution in [1.29, 1.82) is 0 Å². The molecule has 0 bridgehead atoms. The van der Waals surface area contributed by atoms with E-state index in [1.54, 1.807) is 6.33 Å². The molecule has 0 aromatic carbocycles. The molecule has 0 atom stereocenters. The number of nitrogens with zero attached hydrogens (tertiary/aromatic N) is 4. The van der Waals surface area contributed by atoms with Gasteiger partial charge in [0.1, 0.15) is 17.0 Å². The molecule has 0 spiro atoms. The van der Waals surface area contributed by atoms with Crippen molar-refractivity contribution in [1.82, 2.24) is 19.2 Å². The maximum atomic E-state index is 4.30. The molecule has 2 aromatic rings. The highest BCUT2D eigenvalue weighted by Crippen LogP contribution is 2.25. The zero-order chi connectivity index (χ0) is 12.3. The highest BCUT2D eigenvalue weighted by molar-refractivity contribution is 7.13. The number of aromatic nitrogens is 3. The van der Waals surface area contributed by atoms with Crippen LogP contribution in [-0.2, 0) is 0 Å². The largest absolute Gasteiger partial charge is 0.369 e. The highest BCUT2D eigenvalue weighted by Gasteiger charge is 2.09. The summed E-state index contributed by atoms with van der Waals surface area (Å²) >= 11 is 1.42. The van der Waals surface area contributed by atoms with E-state index in [2.05, 4.69) is 38.7 Å². The fourth-order valence-electron chi connectivity index (χ4n) is 1.66. The second-order valence-electron chi connectivity index (χ2n) is 4.25. The molecule has 0 amide bonds. The third-order valence-corrected chi connectivity index (χ3v) is 3.37. The van der Waals surface area contributed by atoms with E-state index in [1.165, 1.54) is 11.5 Å². The molecule has 2 aromatic heterocycles. The lowest BCUT2D eigenvalue weighted by Gasteiger charge is -2.10. The fraction of sp³-hybridized carbons (Fsp3) is 0.545. The van der Waals surface area contributed by atoms with Crippen molar-refractivity contribution >= 4 is 27.6 Å². The summed E-state index contributed by atoms with van der Waals surface area (Å²) in [5.41, 5.74) is 1.00. The molecule has 17 heavy (non-hydrogen) atoms. The van der Waals surface area contributed by atoms with Crippen LogP contribution in [-0.4, -0.2) is 46.4 Å². The van der Waals surface area contributed by atoms with E-state index in [-0.39, 0.29) is 0 Å². The van der Waals surface area contributed by atoms with Gasteiger partial charge in [0.05, 0.1) is 11.1 Å². The quantitative estimate of drug-likeness (QED) is 0.821. The first-order valence-corrected chi connectivity index (χ1v) is 6.41. The van der Waals surface area contributed by atoms with E-state index >= 15 is 0 Å². The van der Waals surface area contributed by atoms with E-state index in [9.17, 15) is 0 Å². The summed E-state index contributed by atoms with van der Waals surface area (Å²) in [6.07, 6.45) is 2.68. The van der Waals surface area contributed by atoms with Crippen molar-refractivity contribution < 1.29 is 0 Å². The van der Waals surface area contributed by atoms with Crippen LogP contribution in [0.2, 0.25) is 0 Å².